The van der Waals surface area contributed by atoms with Crippen molar-refractivity contribution in [2.24, 2.45) is 0 Å². The lowest BCUT2D eigenvalue weighted by atomic mass is 10.6. The highest BCUT2D eigenvalue weighted by Gasteiger charge is 2.27. The van der Waals surface area contributed by atoms with Gasteiger partial charge >= 0.3 is 0 Å². The second-order valence-corrected chi connectivity index (χ2v) is 2.33. The van der Waals surface area contributed by atoms with Gasteiger partial charge in [0.2, 0.25) is 5.82 Å². The molecule has 1 aromatic rings. The minimum absolute atomic E-state index is 0.336. The van der Waals surface area contributed by atoms with E-state index in [0.29, 0.717) is 18.2 Å². The van der Waals surface area contributed by atoms with Crippen molar-refractivity contribution in [2.75, 3.05) is 0 Å². The van der Waals surface area contributed by atoms with Gasteiger partial charge in [0.15, 0.2) is 6.29 Å². The average Bonchev–Trinajstić information content (AvgIpc) is 2.69. The quantitative estimate of drug-likeness (QED) is 0.532. The Bertz CT molecular complexity index is 252. The summed E-state index contributed by atoms with van der Waals surface area (Å²) in [6.07, 6.45) is 2.86. The largest absolute Gasteiger partial charge is 0.294 e. The summed E-state index contributed by atoms with van der Waals surface area (Å²) in [4.78, 5) is 10.3. The van der Waals surface area contributed by atoms with Gasteiger partial charge in [-0.25, -0.2) is 4.68 Å². The summed E-state index contributed by atoms with van der Waals surface area (Å²) in [5, 5.41) is 10.6. The fourth-order valence-electron chi connectivity index (χ4n) is 0.857. The second-order valence-electron chi connectivity index (χ2n) is 2.33. The molecule has 5 nitrogen and oxygen atoms in total. The lowest BCUT2D eigenvalue weighted by Gasteiger charge is -1.92. The molecule has 0 atom stereocenters. The molecule has 1 aliphatic rings. The molecule has 0 aliphatic heterocycles. The number of tetrazole rings is 1. The normalized spacial score (nSPS) is 17.2. The molecule has 0 unspecified atom stereocenters. The SMILES string of the molecule is O=Cc1nnnn1C1CC1. The third-order valence-electron chi connectivity index (χ3n) is 1.52. The van der Waals surface area contributed by atoms with Gasteiger partial charge in [0, 0.05) is 0 Å². The number of carbonyl (C=O) groups excluding carboxylic acids is 1. The number of carbonyl (C=O) groups is 1. The van der Waals surface area contributed by atoms with Gasteiger partial charge in [-0.2, -0.15) is 0 Å². The summed E-state index contributed by atoms with van der Waals surface area (Å²) in [5.41, 5.74) is 0. The maximum Gasteiger partial charge on any atom is 0.215 e. The molecule has 0 radical (unpaired) electrons. The van der Waals surface area contributed by atoms with Crippen molar-refractivity contribution in [3.8, 4) is 0 Å². The molecule has 52 valence electrons. The summed E-state index contributed by atoms with van der Waals surface area (Å²) >= 11 is 0. The van der Waals surface area contributed by atoms with Crippen LogP contribution >= 0.6 is 0 Å². The molecule has 1 heterocycles. The Morgan fingerprint density at radius 3 is 3.00 bits per heavy atom. The number of hydrogen-bond acceptors (Lipinski definition) is 4. The van der Waals surface area contributed by atoms with E-state index in [1.807, 2.05) is 0 Å². The molecule has 0 amide bonds. The molecule has 0 N–H and O–H groups in total. The maximum absolute atomic E-state index is 10.3. The molecule has 5 heteroatoms. The number of nitrogens with zero attached hydrogens (tertiary/aromatic N) is 4. The van der Waals surface area contributed by atoms with Gasteiger partial charge < -0.3 is 0 Å². The van der Waals surface area contributed by atoms with Crippen molar-refractivity contribution < 1.29 is 4.79 Å². The number of hydrogen-bond donors (Lipinski definition) is 0. The summed E-state index contributed by atoms with van der Waals surface area (Å²) in [5.74, 6) is 0.336. The van der Waals surface area contributed by atoms with Crippen molar-refractivity contribution in [1.29, 1.82) is 0 Å². The van der Waals surface area contributed by atoms with Gasteiger partial charge in [0.1, 0.15) is 0 Å². The standard InChI is InChI=1S/C5H6N4O/c10-3-5-6-7-8-9(5)4-1-2-4/h3-4H,1-2H2. The predicted molar refractivity (Wildman–Crippen MR) is 31.5 cm³/mol. The Labute approximate surface area is 57.0 Å². The van der Waals surface area contributed by atoms with E-state index in [1.165, 1.54) is 0 Å². The average molecular weight is 138 g/mol. The van der Waals surface area contributed by atoms with Gasteiger partial charge in [0.05, 0.1) is 6.04 Å². The highest BCUT2D eigenvalue weighted by molar-refractivity contribution is 5.68. The zero-order valence-corrected chi connectivity index (χ0v) is 5.27. The fraction of sp³-hybridized carbons (Fsp3) is 0.600. The molecule has 1 aliphatic carbocycles. The van der Waals surface area contributed by atoms with E-state index in [9.17, 15) is 4.79 Å². The smallest absolute Gasteiger partial charge is 0.215 e. The predicted octanol–water partition coefficient (Wildman–Crippen LogP) is -0.180. The highest BCUT2D eigenvalue weighted by atomic mass is 16.1. The van der Waals surface area contributed by atoms with Crippen LogP contribution < -0.4 is 0 Å². The summed E-state index contributed by atoms with van der Waals surface area (Å²) in [6.45, 7) is 0. The van der Waals surface area contributed by atoms with E-state index < -0.39 is 0 Å². The molecule has 0 bridgehead atoms. The minimum Gasteiger partial charge on any atom is -0.294 e. The van der Waals surface area contributed by atoms with Crippen LogP contribution in [0.15, 0.2) is 0 Å². The first-order valence-electron chi connectivity index (χ1n) is 3.15. The lowest BCUT2D eigenvalue weighted by molar-refractivity contribution is 0.110. The summed E-state index contributed by atoms with van der Waals surface area (Å²) in [7, 11) is 0. The van der Waals surface area contributed by atoms with Crippen LogP contribution in [0.25, 0.3) is 0 Å². The third-order valence-corrected chi connectivity index (χ3v) is 1.52. The molecular weight excluding hydrogens is 132 g/mol. The van der Waals surface area contributed by atoms with Crippen molar-refractivity contribution >= 4 is 6.29 Å². The molecule has 1 fully saturated rings. The van der Waals surface area contributed by atoms with Gasteiger partial charge in [-0.1, -0.05) is 0 Å². The van der Waals surface area contributed by atoms with E-state index in [2.05, 4.69) is 15.5 Å². The van der Waals surface area contributed by atoms with E-state index >= 15 is 0 Å². The molecule has 0 spiro atoms. The first kappa shape index (κ1) is 5.52. The minimum atomic E-state index is 0.336. The van der Waals surface area contributed by atoms with Crippen LogP contribution in [-0.4, -0.2) is 26.5 Å². The van der Waals surface area contributed by atoms with E-state index in [0.717, 1.165) is 12.8 Å². The highest BCUT2D eigenvalue weighted by Crippen LogP contribution is 2.33. The van der Waals surface area contributed by atoms with Crippen molar-refractivity contribution in [1.82, 2.24) is 20.2 Å². The van der Waals surface area contributed by atoms with Crippen LogP contribution in [-0.2, 0) is 0 Å². The summed E-state index contributed by atoms with van der Waals surface area (Å²) < 4.78 is 1.58. The van der Waals surface area contributed by atoms with Gasteiger partial charge in [-0.15, -0.1) is 5.10 Å². The van der Waals surface area contributed by atoms with E-state index in [1.54, 1.807) is 4.68 Å². The van der Waals surface area contributed by atoms with Crippen LogP contribution in [0.2, 0.25) is 0 Å². The molecule has 10 heavy (non-hydrogen) atoms. The van der Waals surface area contributed by atoms with Crippen LogP contribution in [0, 0.1) is 0 Å². The molecule has 0 saturated heterocycles. The van der Waals surface area contributed by atoms with Crippen LogP contribution in [0.3, 0.4) is 0 Å². The molecule has 1 aromatic heterocycles. The Hall–Kier alpha value is -1.26. The fourth-order valence-corrected chi connectivity index (χ4v) is 0.857. The van der Waals surface area contributed by atoms with Gasteiger partial charge in [-0.05, 0) is 23.3 Å². The van der Waals surface area contributed by atoms with Crippen LogP contribution in [0.4, 0.5) is 0 Å². The first-order chi connectivity index (χ1) is 4.92. The molecule has 2 rings (SSSR count). The zero-order chi connectivity index (χ0) is 6.97. The van der Waals surface area contributed by atoms with Crippen molar-refractivity contribution in [2.45, 2.75) is 18.9 Å². The maximum atomic E-state index is 10.3. The van der Waals surface area contributed by atoms with E-state index in [4.69, 9.17) is 0 Å². The topological polar surface area (TPSA) is 60.7 Å². The van der Waals surface area contributed by atoms with Crippen LogP contribution in [0.5, 0.6) is 0 Å². The zero-order valence-electron chi connectivity index (χ0n) is 5.27. The third kappa shape index (κ3) is 0.706. The molecule has 1 saturated carbocycles. The Morgan fingerprint density at radius 1 is 1.60 bits per heavy atom. The number of aromatic nitrogens is 4. The Balaban J connectivity index is 2.37. The number of rotatable bonds is 2. The monoisotopic (exact) mass is 138 g/mol. The van der Waals surface area contributed by atoms with Crippen molar-refractivity contribution in [3.63, 3.8) is 0 Å². The van der Waals surface area contributed by atoms with Gasteiger partial charge in [-0.3, -0.25) is 4.79 Å². The number of aldehydes is 1. The Morgan fingerprint density at radius 2 is 2.40 bits per heavy atom. The second kappa shape index (κ2) is 1.86. The van der Waals surface area contributed by atoms with Crippen LogP contribution in [0.1, 0.15) is 29.5 Å². The molecular formula is C5H6N4O. The van der Waals surface area contributed by atoms with Gasteiger partial charge in [0.25, 0.3) is 0 Å². The Kier molecular flexibility index (Phi) is 1.03. The van der Waals surface area contributed by atoms with Crippen molar-refractivity contribution in [3.05, 3.63) is 5.82 Å². The lowest BCUT2D eigenvalue weighted by Crippen LogP contribution is -2.01. The summed E-state index contributed by atoms with van der Waals surface area (Å²) in [6, 6.07) is 0.384. The first-order valence-corrected chi connectivity index (χ1v) is 3.15. The van der Waals surface area contributed by atoms with E-state index in [-0.39, 0.29) is 0 Å². The molecule has 0 aromatic carbocycles.